The van der Waals surface area contributed by atoms with E-state index < -0.39 is 0 Å². The van der Waals surface area contributed by atoms with Gasteiger partial charge in [-0.3, -0.25) is 4.90 Å². The smallest absolute Gasteiger partial charge is 0.161 e. The Morgan fingerprint density at radius 2 is 2.05 bits per heavy atom. The molecule has 4 heteroatoms. The van der Waals surface area contributed by atoms with Crippen LogP contribution in [0.15, 0.2) is 18.2 Å². The van der Waals surface area contributed by atoms with Gasteiger partial charge in [-0.25, -0.2) is 0 Å². The highest BCUT2D eigenvalue weighted by Gasteiger charge is 2.23. The molecule has 1 aromatic carbocycles. The highest BCUT2D eigenvalue weighted by atomic mass is 35.5. The van der Waals surface area contributed by atoms with Crippen LogP contribution in [0.1, 0.15) is 24.8 Å². The van der Waals surface area contributed by atoms with Crippen LogP contribution in [0.5, 0.6) is 11.5 Å². The summed E-state index contributed by atoms with van der Waals surface area (Å²) in [5, 5.41) is 0. The van der Waals surface area contributed by atoms with Crippen LogP contribution in [0, 0.1) is 0 Å². The number of ether oxygens (including phenoxy) is 2. The van der Waals surface area contributed by atoms with Crippen molar-refractivity contribution in [3.05, 3.63) is 23.8 Å². The van der Waals surface area contributed by atoms with Crippen molar-refractivity contribution in [1.29, 1.82) is 0 Å². The fourth-order valence-corrected chi connectivity index (χ4v) is 3.02. The molecular weight excluding hydrogens is 262 g/mol. The summed E-state index contributed by atoms with van der Waals surface area (Å²) in [4.78, 5) is 2.52. The molecule has 0 spiro atoms. The lowest BCUT2D eigenvalue weighted by Gasteiger charge is -2.24. The Balaban J connectivity index is 2.06. The molecule has 0 amide bonds. The molecule has 1 atom stereocenters. The molecule has 1 aromatic rings. The van der Waals surface area contributed by atoms with Gasteiger partial charge in [0.15, 0.2) is 11.5 Å². The van der Waals surface area contributed by atoms with Gasteiger partial charge in [0.2, 0.25) is 0 Å². The van der Waals surface area contributed by atoms with Crippen molar-refractivity contribution in [2.75, 3.05) is 26.6 Å². The second kappa shape index (κ2) is 7.01. The highest BCUT2D eigenvalue weighted by molar-refractivity contribution is 6.17. The van der Waals surface area contributed by atoms with Crippen molar-refractivity contribution < 1.29 is 9.47 Å². The molecule has 1 aliphatic rings. The molecule has 1 heterocycles. The Morgan fingerprint density at radius 1 is 1.26 bits per heavy atom. The molecule has 0 saturated carbocycles. The summed E-state index contributed by atoms with van der Waals surface area (Å²) < 4.78 is 10.6. The Bertz CT molecular complexity index is 411. The third-order valence-electron chi connectivity index (χ3n) is 3.78. The number of nitrogens with zero attached hydrogens (tertiary/aromatic N) is 1. The summed E-state index contributed by atoms with van der Waals surface area (Å²) in [6, 6.07) is 6.78. The quantitative estimate of drug-likeness (QED) is 0.748. The molecule has 1 saturated heterocycles. The van der Waals surface area contributed by atoms with E-state index in [1.807, 2.05) is 6.07 Å². The van der Waals surface area contributed by atoms with Crippen LogP contribution in [-0.4, -0.2) is 37.6 Å². The lowest BCUT2D eigenvalue weighted by atomic mass is 10.1. The number of hydrogen-bond acceptors (Lipinski definition) is 3. The normalized spacial score (nSPS) is 19.6. The van der Waals surface area contributed by atoms with Crippen molar-refractivity contribution in [2.24, 2.45) is 0 Å². The minimum Gasteiger partial charge on any atom is -0.493 e. The van der Waals surface area contributed by atoms with Gasteiger partial charge in [-0.05, 0) is 43.5 Å². The molecular formula is C15H22ClNO2. The first-order chi connectivity index (χ1) is 9.28. The predicted octanol–water partition coefficient (Wildman–Crippen LogP) is 3.30. The zero-order chi connectivity index (χ0) is 13.7. The van der Waals surface area contributed by atoms with Crippen LogP contribution in [0.25, 0.3) is 0 Å². The van der Waals surface area contributed by atoms with Crippen molar-refractivity contribution in [3.8, 4) is 11.5 Å². The summed E-state index contributed by atoms with van der Waals surface area (Å²) >= 11 is 5.87. The number of methoxy groups -OCH3 is 2. The Labute approximate surface area is 120 Å². The van der Waals surface area contributed by atoms with E-state index in [0.717, 1.165) is 36.9 Å². The predicted molar refractivity (Wildman–Crippen MR) is 78.3 cm³/mol. The zero-order valence-electron chi connectivity index (χ0n) is 11.7. The molecule has 0 bridgehead atoms. The van der Waals surface area contributed by atoms with E-state index in [0.29, 0.717) is 6.04 Å². The zero-order valence-corrected chi connectivity index (χ0v) is 12.4. The van der Waals surface area contributed by atoms with Gasteiger partial charge in [0.25, 0.3) is 0 Å². The molecule has 1 fully saturated rings. The minimum atomic E-state index is 0.630. The van der Waals surface area contributed by atoms with E-state index in [1.54, 1.807) is 14.2 Å². The van der Waals surface area contributed by atoms with Crippen molar-refractivity contribution in [2.45, 2.75) is 31.8 Å². The largest absolute Gasteiger partial charge is 0.493 e. The second-order valence-corrected chi connectivity index (χ2v) is 5.31. The summed E-state index contributed by atoms with van der Waals surface area (Å²) in [6.45, 7) is 2.12. The molecule has 0 aromatic heterocycles. The number of halogens is 1. The van der Waals surface area contributed by atoms with E-state index in [-0.39, 0.29) is 0 Å². The van der Waals surface area contributed by atoms with Crippen LogP contribution >= 0.6 is 11.6 Å². The third kappa shape index (κ3) is 3.54. The van der Waals surface area contributed by atoms with E-state index in [4.69, 9.17) is 21.1 Å². The average Bonchev–Trinajstić information content (AvgIpc) is 2.86. The molecule has 106 valence electrons. The lowest BCUT2D eigenvalue weighted by molar-refractivity contribution is 0.240. The van der Waals surface area contributed by atoms with Crippen LogP contribution in [0.4, 0.5) is 0 Å². The maximum atomic E-state index is 5.87. The van der Waals surface area contributed by atoms with Crippen LogP contribution < -0.4 is 9.47 Å². The minimum absolute atomic E-state index is 0.630. The van der Waals surface area contributed by atoms with Crippen LogP contribution in [-0.2, 0) is 6.54 Å². The van der Waals surface area contributed by atoms with Gasteiger partial charge in [0.1, 0.15) is 0 Å². The van der Waals surface area contributed by atoms with Gasteiger partial charge in [-0.15, -0.1) is 11.6 Å². The standard InChI is InChI=1S/C15H22ClNO2/c1-18-14-6-5-12(10-15(14)19-2)11-17-9-3-4-13(17)7-8-16/h5-6,10,13H,3-4,7-9,11H2,1-2H3. The Hall–Kier alpha value is -0.930. The summed E-state index contributed by atoms with van der Waals surface area (Å²) in [6.07, 6.45) is 3.61. The maximum absolute atomic E-state index is 5.87. The number of rotatable bonds is 6. The van der Waals surface area contributed by atoms with E-state index in [9.17, 15) is 0 Å². The Kier molecular flexibility index (Phi) is 5.34. The number of benzene rings is 1. The van der Waals surface area contributed by atoms with Gasteiger partial charge < -0.3 is 9.47 Å². The molecule has 3 nitrogen and oxygen atoms in total. The van der Waals surface area contributed by atoms with Gasteiger partial charge in [-0.2, -0.15) is 0 Å². The molecule has 1 unspecified atom stereocenters. The summed E-state index contributed by atoms with van der Waals surface area (Å²) in [5.41, 5.74) is 1.26. The first-order valence-corrected chi connectivity index (χ1v) is 7.33. The van der Waals surface area contributed by atoms with Crippen LogP contribution in [0.2, 0.25) is 0 Å². The molecule has 19 heavy (non-hydrogen) atoms. The first kappa shape index (κ1) is 14.5. The van der Waals surface area contributed by atoms with Crippen molar-refractivity contribution >= 4 is 11.6 Å². The van der Waals surface area contributed by atoms with Gasteiger partial charge in [0.05, 0.1) is 14.2 Å². The average molecular weight is 284 g/mol. The van der Waals surface area contributed by atoms with Crippen LogP contribution in [0.3, 0.4) is 0 Å². The van der Waals surface area contributed by atoms with Crippen molar-refractivity contribution in [3.63, 3.8) is 0 Å². The maximum Gasteiger partial charge on any atom is 0.161 e. The first-order valence-electron chi connectivity index (χ1n) is 6.79. The second-order valence-electron chi connectivity index (χ2n) is 4.93. The molecule has 1 aliphatic heterocycles. The SMILES string of the molecule is COc1ccc(CN2CCCC2CCCl)cc1OC. The molecule has 0 N–H and O–H groups in total. The van der Waals surface area contributed by atoms with E-state index >= 15 is 0 Å². The van der Waals surface area contributed by atoms with Gasteiger partial charge in [0, 0.05) is 18.5 Å². The fraction of sp³-hybridized carbons (Fsp3) is 0.600. The highest BCUT2D eigenvalue weighted by Crippen LogP contribution is 2.29. The van der Waals surface area contributed by atoms with E-state index in [2.05, 4.69) is 17.0 Å². The summed E-state index contributed by atoms with van der Waals surface area (Å²) in [5.74, 6) is 2.32. The van der Waals surface area contributed by atoms with Gasteiger partial charge in [-0.1, -0.05) is 6.07 Å². The summed E-state index contributed by atoms with van der Waals surface area (Å²) in [7, 11) is 3.34. The molecule has 0 aliphatic carbocycles. The lowest BCUT2D eigenvalue weighted by Crippen LogP contribution is -2.29. The van der Waals surface area contributed by atoms with Crippen molar-refractivity contribution in [1.82, 2.24) is 4.90 Å². The monoisotopic (exact) mass is 283 g/mol. The number of hydrogen-bond donors (Lipinski definition) is 0. The Morgan fingerprint density at radius 3 is 2.74 bits per heavy atom. The van der Waals surface area contributed by atoms with E-state index in [1.165, 1.54) is 18.4 Å². The third-order valence-corrected chi connectivity index (χ3v) is 3.99. The fourth-order valence-electron chi connectivity index (χ4n) is 2.77. The topological polar surface area (TPSA) is 21.7 Å². The van der Waals surface area contributed by atoms with Gasteiger partial charge >= 0.3 is 0 Å². The molecule has 0 radical (unpaired) electrons. The molecule has 2 rings (SSSR count). The number of likely N-dealkylation sites (tertiary alicyclic amines) is 1. The number of alkyl halides is 1.